The van der Waals surface area contributed by atoms with E-state index in [0.717, 1.165) is 11.2 Å². The molecule has 262 valence electrons. The Hall–Kier alpha value is -6.96. The largest absolute Gasteiger partial charge is 0.456 e. The molecule has 0 spiro atoms. The second-order valence-corrected chi connectivity index (χ2v) is 16.0. The third-order valence-electron chi connectivity index (χ3n) is 12.6. The van der Waals surface area contributed by atoms with Crippen molar-refractivity contribution in [2.24, 2.45) is 0 Å². The van der Waals surface area contributed by atoms with Crippen LogP contribution in [0.3, 0.4) is 0 Å². The molecule has 56 heavy (non-hydrogen) atoms. The minimum atomic E-state index is -0.0748. The maximum absolute atomic E-state index is 6.79. The number of furan rings is 1. The van der Waals surface area contributed by atoms with E-state index in [9.17, 15) is 0 Å². The first-order chi connectivity index (χ1) is 27.5. The van der Waals surface area contributed by atoms with Crippen LogP contribution in [-0.2, 0) is 5.41 Å². The Morgan fingerprint density at radius 2 is 0.893 bits per heavy atom. The highest BCUT2D eigenvalue weighted by Gasteiger charge is 2.37. The van der Waals surface area contributed by atoms with E-state index in [0.29, 0.717) is 0 Å². The highest BCUT2D eigenvalue weighted by molar-refractivity contribution is 6.26. The van der Waals surface area contributed by atoms with Gasteiger partial charge in [0.15, 0.2) is 0 Å². The van der Waals surface area contributed by atoms with E-state index in [1.165, 1.54) is 109 Å². The molecule has 1 aliphatic carbocycles. The summed E-state index contributed by atoms with van der Waals surface area (Å²) in [7, 11) is 0. The van der Waals surface area contributed by atoms with E-state index >= 15 is 0 Å². The maximum atomic E-state index is 6.79. The Bertz CT molecular complexity index is 3370. The van der Waals surface area contributed by atoms with Gasteiger partial charge in [0.05, 0.1) is 0 Å². The summed E-state index contributed by atoms with van der Waals surface area (Å²) in [6.07, 6.45) is 0. The molecule has 0 radical (unpaired) electrons. The molecule has 1 nitrogen and oxygen atoms in total. The van der Waals surface area contributed by atoms with Crippen molar-refractivity contribution >= 4 is 65.0 Å². The average molecular weight is 713 g/mol. The van der Waals surface area contributed by atoms with Crippen LogP contribution in [0.25, 0.3) is 110 Å². The summed E-state index contributed by atoms with van der Waals surface area (Å²) in [5.41, 5.74) is 14.5. The van der Waals surface area contributed by atoms with Gasteiger partial charge < -0.3 is 4.42 Å². The minimum absolute atomic E-state index is 0.0748. The van der Waals surface area contributed by atoms with Crippen LogP contribution in [-0.4, -0.2) is 0 Å². The molecule has 0 aliphatic heterocycles. The van der Waals surface area contributed by atoms with Gasteiger partial charge in [-0.2, -0.15) is 0 Å². The van der Waals surface area contributed by atoms with E-state index in [2.05, 4.69) is 196 Å². The highest BCUT2D eigenvalue weighted by Crippen LogP contribution is 2.54. The molecule has 12 rings (SSSR count). The molecule has 0 atom stereocenters. The molecule has 0 amide bonds. The summed E-state index contributed by atoms with van der Waals surface area (Å²) in [5, 5.41) is 12.4. The summed E-state index contributed by atoms with van der Waals surface area (Å²) in [4.78, 5) is 0. The lowest BCUT2D eigenvalue weighted by Gasteiger charge is -2.21. The lowest BCUT2D eigenvalue weighted by molar-refractivity contribution is 0.656. The van der Waals surface area contributed by atoms with Crippen molar-refractivity contribution in [3.05, 3.63) is 193 Å². The SMILES string of the molecule is CC1(C)c2ccccc2-c2c1ccc1oc3cc(-c4ccc(-c5c6ccccc6c(-c6ccc7ccccc7c6)c6ccccc56)cc4)c4ccccc4c3c21. The molecular formula is C55H36O. The van der Waals surface area contributed by atoms with E-state index in [4.69, 9.17) is 4.42 Å². The zero-order valence-electron chi connectivity index (χ0n) is 31.2. The summed E-state index contributed by atoms with van der Waals surface area (Å²) in [5.74, 6) is 0. The molecule has 1 heteroatoms. The number of fused-ring (bicyclic) bond motifs is 12. The van der Waals surface area contributed by atoms with E-state index in [1.54, 1.807) is 0 Å². The van der Waals surface area contributed by atoms with Gasteiger partial charge in [-0.15, -0.1) is 0 Å². The maximum Gasteiger partial charge on any atom is 0.136 e. The number of hydrogen-bond donors (Lipinski definition) is 0. The van der Waals surface area contributed by atoms with Crippen LogP contribution in [0, 0.1) is 0 Å². The topological polar surface area (TPSA) is 13.1 Å². The van der Waals surface area contributed by atoms with Crippen LogP contribution in [0.2, 0.25) is 0 Å². The first-order valence-electron chi connectivity index (χ1n) is 19.6. The molecule has 0 N–H and O–H groups in total. The van der Waals surface area contributed by atoms with Crippen molar-refractivity contribution < 1.29 is 4.42 Å². The van der Waals surface area contributed by atoms with Crippen LogP contribution in [0.5, 0.6) is 0 Å². The lowest BCUT2D eigenvalue weighted by Crippen LogP contribution is -2.14. The van der Waals surface area contributed by atoms with Crippen molar-refractivity contribution in [1.29, 1.82) is 0 Å². The first kappa shape index (κ1) is 31.4. The zero-order chi connectivity index (χ0) is 37.1. The van der Waals surface area contributed by atoms with E-state index in [1.807, 2.05) is 0 Å². The van der Waals surface area contributed by atoms with Crippen LogP contribution in [0.15, 0.2) is 186 Å². The molecule has 1 aliphatic rings. The molecule has 0 bridgehead atoms. The van der Waals surface area contributed by atoms with Crippen LogP contribution < -0.4 is 0 Å². The number of benzene rings is 10. The molecule has 11 aromatic rings. The normalized spacial score (nSPS) is 13.3. The molecule has 1 heterocycles. The molecule has 0 fully saturated rings. The zero-order valence-corrected chi connectivity index (χ0v) is 31.2. The lowest BCUT2D eigenvalue weighted by atomic mass is 9.82. The van der Waals surface area contributed by atoms with Gasteiger partial charge in [-0.25, -0.2) is 0 Å². The second kappa shape index (κ2) is 11.5. The molecule has 0 saturated carbocycles. The van der Waals surface area contributed by atoms with Gasteiger partial charge in [0, 0.05) is 16.2 Å². The Kier molecular flexibility index (Phi) is 6.46. The van der Waals surface area contributed by atoms with E-state index < -0.39 is 0 Å². The minimum Gasteiger partial charge on any atom is -0.456 e. The van der Waals surface area contributed by atoms with Crippen LogP contribution in [0.1, 0.15) is 25.0 Å². The molecule has 10 aromatic carbocycles. The Morgan fingerprint density at radius 3 is 1.61 bits per heavy atom. The summed E-state index contributed by atoms with van der Waals surface area (Å²) in [6, 6.07) is 67.0. The molecule has 1 aromatic heterocycles. The van der Waals surface area contributed by atoms with Gasteiger partial charge in [-0.05, 0) is 117 Å². The Morgan fingerprint density at radius 1 is 0.339 bits per heavy atom. The van der Waals surface area contributed by atoms with Crippen molar-refractivity contribution in [3.8, 4) is 44.5 Å². The first-order valence-corrected chi connectivity index (χ1v) is 19.6. The number of rotatable bonds is 3. The van der Waals surface area contributed by atoms with Gasteiger partial charge in [-0.1, -0.05) is 178 Å². The summed E-state index contributed by atoms with van der Waals surface area (Å²) >= 11 is 0. The molecular weight excluding hydrogens is 677 g/mol. The second-order valence-electron chi connectivity index (χ2n) is 16.0. The van der Waals surface area contributed by atoms with Crippen LogP contribution >= 0.6 is 0 Å². The van der Waals surface area contributed by atoms with Gasteiger partial charge >= 0.3 is 0 Å². The van der Waals surface area contributed by atoms with Gasteiger partial charge in [0.2, 0.25) is 0 Å². The van der Waals surface area contributed by atoms with Gasteiger partial charge in [0.25, 0.3) is 0 Å². The van der Waals surface area contributed by atoms with Gasteiger partial charge in [-0.3, -0.25) is 0 Å². The van der Waals surface area contributed by atoms with E-state index in [-0.39, 0.29) is 5.41 Å². The van der Waals surface area contributed by atoms with Crippen LogP contribution in [0.4, 0.5) is 0 Å². The smallest absolute Gasteiger partial charge is 0.136 e. The number of hydrogen-bond acceptors (Lipinski definition) is 1. The highest BCUT2D eigenvalue weighted by atomic mass is 16.3. The predicted octanol–water partition coefficient (Wildman–Crippen LogP) is 15.5. The third-order valence-corrected chi connectivity index (χ3v) is 12.6. The Balaban J connectivity index is 1.05. The molecule has 0 unspecified atom stereocenters. The average Bonchev–Trinajstić information content (AvgIpc) is 3.74. The fourth-order valence-corrected chi connectivity index (χ4v) is 10.1. The fourth-order valence-electron chi connectivity index (χ4n) is 10.1. The predicted molar refractivity (Wildman–Crippen MR) is 238 cm³/mol. The van der Waals surface area contributed by atoms with Crippen molar-refractivity contribution in [1.82, 2.24) is 0 Å². The standard InChI is InChI=1S/C55H36O/c1-55(2)46-22-12-11-21-44(46)52-47(55)29-30-48-54(52)53-39-16-6-5-15-38(39)45(32-49(53)56-48)34-24-26-35(27-25-34)50-40-17-7-9-19-42(40)51(43-20-10-8-18-41(43)50)37-28-23-33-13-3-4-14-36(33)31-37/h3-32H,1-2H3. The summed E-state index contributed by atoms with van der Waals surface area (Å²) < 4.78 is 6.79. The quantitative estimate of drug-likeness (QED) is 0.166. The molecule has 0 saturated heterocycles. The Labute approximate surface area is 325 Å². The fraction of sp³-hybridized carbons (Fsp3) is 0.0545. The third kappa shape index (κ3) is 4.31. The summed E-state index contributed by atoms with van der Waals surface area (Å²) in [6.45, 7) is 4.69. The van der Waals surface area contributed by atoms with Crippen molar-refractivity contribution in [2.45, 2.75) is 19.3 Å². The van der Waals surface area contributed by atoms with Crippen molar-refractivity contribution in [2.75, 3.05) is 0 Å². The monoisotopic (exact) mass is 712 g/mol. The van der Waals surface area contributed by atoms with Gasteiger partial charge in [0.1, 0.15) is 11.2 Å². The van der Waals surface area contributed by atoms with Crippen molar-refractivity contribution in [3.63, 3.8) is 0 Å².